The van der Waals surface area contributed by atoms with Crippen LogP contribution in [0.5, 0.6) is 5.88 Å². The van der Waals surface area contributed by atoms with E-state index < -0.39 is 10.0 Å². The molecule has 0 aliphatic rings. The molecule has 6 nitrogen and oxygen atoms in total. The SMILES string of the molecule is COc1nc(SC)cnc1N(c1cc(Cl)cc(Cl)c1)S(C)(=O)=O. The minimum absolute atomic E-state index is 0.0335. The highest BCUT2D eigenvalue weighted by molar-refractivity contribution is 7.98. The highest BCUT2D eigenvalue weighted by atomic mass is 35.5. The maximum absolute atomic E-state index is 12.3. The van der Waals surface area contributed by atoms with Crippen molar-refractivity contribution in [2.24, 2.45) is 0 Å². The van der Waals surface area contributed by atoms with Crippen molar-refractivity contribution in [3.05, 3.63) is 34.4 Å². The summed E-state index contributed by atoms with van der Waals surface area (Å²) in [6, 6.07) is 4.45. The Balaban J connectivity index is 2.70. The van der Waals surface area contributed by atoms with Crippen molar-refractivity contribution in [3.8, 4) is 5.88 Å². The molecule has 1 aromatic carbocycles. The molecular weight excluding hydrogens is 381 g/mol. The van der Waals surface area contributed by atoms with Gasteiger partial charge in [0, 0.05) is 10.0 Å². The second-order valence-electron chi connectivity index (χ2n) is 4.40. The zero-order valence-corrected chi connectivity index (χ0v) is 15.6. The standard InChI is InChI=1S/C13H13Cl2N3O3S2/c1-21-13-12(16-7-11(17-13)22-2)18(23(3,19)20)10-5-8(14)4-9(15)6-10/h4-7H,1-3H3. The lowest BCUT2D eigenvalue weighted by Crippen LogP contribution is -2.26. The number of aromatic nitrogens is 2. The van der Waals surface area contributed by atoms with E-state index in [2.05, 4.69) is 9.97 Å². The summed E-state index contributed by atoms with van der Waals surface area (Å²) in [7, 11) is -2.34. The molecule has 0 amide bonds. The van der Waals surface area contributed by atoms with Crippen LogP contribution in [0.3, 0.4) is 0 Å². The topological polar surface area (TPSA) is 72.4 Å². The van der Waals surface area contributed by atoms with Crippen molar-refractivity contribution in [3.63, 3.8) is 0 Å². The molecule has 2 rings (SSSR count). The van der Waals surface area contributed by atoms with E-state index in [1.54, 1.807) is 0 Å². The third-order valence-corrected chi connectivity index (χ3v) is 4.81. The van der Waals surface area contributed by atoms with E-state index in [1.165, 1.54) is 43.3 Å². The van der Waals surface area contributed by atoms with Gasteiger partial charge in [0.05, 0.1) is 25.2 Å². The van der Waals surface area contributed by atoms with Crippen molar-refractivity contribution >= 4 is 56.5 Å². The number of nitrogens with zero attached hydrogens (tertiary/aromatic N) is 3. The predicted molar refractivity (Wildman–Crippen MR) is 93.8 cm³/mol. The number of sulfonamides is 1. The van der Waals surface area contributed by atoms with Crippen molar-refractivity contribution in [2.75, 3.05) is 23.9 Å². The monoisotopic (exact) mass is 393 g/mol. The van der Waals surface area contributed by atoms with Crippen LogP contribution in [0.4, 0.5) is 11.5 Å². The first-order chi connectivity index (χ1) is 10.8. The average molecular weight is 394 g/mol. The Morgan fingerprint density at radius 2 is 1.83 bits per heavy atom. The molecule has 0 fully saturated rings. The van der Waals surface area contributed by atoms with Gasteiger partial charge in [-0.15, -0.1) is 11.8 Å². The Bertz CT molecular complexity index is 811. The van der Waals surface area contributed by atoms with Crippen molar-refractivity contribution < 1.29 is 13.2 Å². The minimum atomic E-state index is -3.73. The number of hydrogen-bond donors (Lipinski definition) is 0. The Kier molecular flexibility index (Phi) is 5.61. The maximum atomic E-state index is 12.3. The van der Waals surface area contributed by atoms with Gasteiger partial charge in [0.2, 0.25) is 15.8 Å². The van der Waals surface area contributed by atoms with Gasteiger partial charge in [-0.05, 0) is 24.5 Å². The summed E-state index contributed by atoms with van der Waals surface area (Å²) in [4.78, 5) is 8.40. The Morgan fingerprint density at radius 1 is 1.22 bits per heavy atom. The molecule has 0 bridgehead atoms. The van der Waals surface area contributed by atoms with Crippen LogP contribution in [0.15, 0.2) is 29.4 Å². The number of benzene rings is 1. The number of ether oxygens (including phenoxy) is 1. The summed E-state index contributed by atoms with van der Waals surface area (Å²) < 4.78 is 30.8. The van der Waals surface area contributed by atoms with E-state index in [1.807, 2.05) is 6.26 Å². The van der Waals surface area contributed by atoms with Gasteiger partial charge in [0.1, 0.15) is 5.03 Å². The number of thioether (sulfide) groups is 1. The van der Waals surface area contributed by atoms with Crippen LogP contribution >= 0.6 is 35.0 Å². The fourth-order valence-electron chi connectivity index (χ4n) is 1.85. The van der Waals surface area contributed by atoms with E-state index in [0.717, 1.165) is 10.6 Å². The van der Waals surface area contributed by atoms with E-state index in [0.29, 0.717) is 15.1 Å². The van der Waals surface area contributed by atoms with Gasteiger partial charge in [-0.3, -0.25) is 0 Å². The van der Waals surface area contributed by atoms with Crippen LogP contribution in [0, 0.1) is 0 Å². The van der Waals surface area contributed by atoms with E-state index in [9.17, 15) is 8.42 Å². The molecule has 0 spiro atoms. The van der Waals surface area contributed by atoms with Crippen molar-refractivity contribution in [1.82, 2.24) is 9.97 Å². The molecule has 0 unspecified atom stereocenters. The molecule has 0 radical (unpaired) electrons. The van der Waals surface area contributed by atoms with Crippen LogP contribution < -0.4 is 9.04 Å². The summed E-state index contributed by atoms with van der Waals surface area (Å²) in [5.74, 6) is 0.115. The number of anilines is 2. The molecular formula is C13H13Cl2N3O3S2. The first-order valence-corrected chi connectivity index (χ1v) is 10.0. The molecule has 23 heavy (non-hydrogen) atoms. The van der Waals surface area contributed by atoms with E-state index >= 15 is 0 Å². The van der Waals surface area contributed by atoms with Gasteiger partial charge in [0.15, 0.2) is 0 Å². The zero-order chi connectivity index (χ0) is 17.2. The van der Waals surface area contributed by atoms with E-state index in [-0.39, 0.29) is 17.4 Å². The summed E-state index contributed by atoms with van der Waals surface area (Å²) in [6.45, 7) is 0. The Labute approximate surface area is 148 Å². The van der Waals surface area contributed by atoms with Gasteiger partial charge in [0.25, 0.3) is 5.88 Å². The van der Waals surface area contributed by atoms with Gasteiger partial charge in [-0.2, -0.15) is 0 Å². The van der Waals surface area contributed by atoms with Crippen molar-refractivity contribution in [1.29, 1.82) is 0 Å². The largest absolute Gasteiger partial charge is 0.478 e. The fourth-order valence-corrected chi connectivity index (χ4v) is 3.63. The molecule has 0 N–H and O–H groups in total. The lowest BCUT2D eigenvalue weighted by Gasteiger charge is -2.23. The van der Waals surface area contributed by atoms with Gasteiger partial charge < -0.3 is 4.74 Å². The first-order valence-electron chi connectivity index (χ1n) is 6.17. The average Bonchev–Trinajstić information content (AvgIpc) is 2.45. The molecule has 0 saturated carbocycles. The predicted octanol–water partition coefficient (Wildman–Crippen LogP) is 3.61. The number of halogens is 2. The minimum Gasteiger partial charge on any atom is -0.478 e. The molecule has 0 atom stereocenters. The van der Waals surface area contributed by atoms with Crippen LogP contribution in [0.1, 0.15) is 0 Å². The quantitative estimate of drug-likeness (QED) is 0.722. The molecule has 124 valence electrons. The smallest absolute Gasteiger partial charge is 0.259 e. The highest BCUT2D eigenvalue weighted by Crippen LogP contribution is 2.36. The maximum Gasteiger partial charge on any atom is 0.259 e. The second kappa shape index (κ2) is 7.12. The molecule has 2 aromatic rings. The highest BCUT2D eigenvalue weighted by Gasteiger charge is 2.26. The van der Waals surface area contributed by atoms with E-state index in [4.69, 9.17) is 27.9 Å². The molecule has 0 aliphatic carbocycles. The second-order valence-corrected chi connectivity index (χ2v) is 7.93. The van der Waals surface area contributed by atoms with Gasteiger partial charge in [-0.25, -0.2) is 22.7 Å². The zero-order valence-electron chi connectivity index (χ0n) is 12.4. The Hall–Kier alpha value is -1.22. The lowest BCUT2D eigenvalue weighted by molar-refractivity contribution is 0.393. The van der Waals surface area contributed by atoms with Crippen LogP contribution in [-0.2, 0) is 10.0 Å². The summed E-state index contributed by atoms with van der Waals surface area (Å²) in [5, 5.41) is 1.20. The first kappa shape index (κ1) is 18.1. The number of rotatable bonds is 5. The third kappa shape index (κ3) is 4.20. The number of methoxy groups -OCH3 is 1. The van der Waals surface area contributed by atoms with Crippen LogP contribution in [-0.4, -0.2) is 38.0 Å². The fraction of sp³-hybridized carbons (Fsp3) is 0.231. The van der Waals surface area contributed by atoms with Crippen molar-refractivity contribution in [2.45, 2.75) is 5.03 Å². The molecule has 1 heterocycles. The third-order valence-electron chi connectivity index (χ3n) is 2.71. The van der Waals surface area contributed by atoms with Crippen LogP contribution in [0.2, 0.25) is 10.0 Å². The summed E-state index contributed by atoms with van der Waals surface area (Å²) in [6.07, 6.45) is 4.34. The molecule has 0 saturated heterocycles. The summed E-state index contributed by atoms with van der Waals surface area (Å²) >= 11 is 13.3. The summed E-state index contributed by atoms with van der Waals surface area (Å²) in [5.41, 5.74) is 0.245. The van der Waals surface area contributed by atoms with Gasteiger partial charge >= 0.3 is 0 Å². The molecule has 1 aromatic heterocycles. The Morgan fingerprint density at radius 3 is 2.30 bits per heavy atom. The molecule has 0 aliphatic heterocycles. The van der Waals surface area contributed by atoms with Crippen LogP contribution in [0.25, 0.3) is 0 Å². The van der Waals surface area contributed by atoms with Gasteiger partial charge in [-0.1, -0.05) is 23.2 Å². The lowest BCUT2D eigenvalue weighted by atomic mass is 10.3. The molecule has 10 heteroatoms. The normalized spacial score (nSPS) is 11.3. The number of hydrogen-bond acceptors (Lipinski definition) is 6.